The minimum absolute atomic E-state index is 0.0895. The van der Waals surface area contributed by atoms with E-state index < -0.39 is 0 Å². The molecule has 3 rings (SSSR count). The summed E-state index contributed by atoms with van der Waals surface area (Å²) < 4.78 is 1.40. The van der Waals surface area contributed by atoms with E-state index in [4.69, 9.17) is 11.5 Å². The Morgan fingerprint density at radius 1 is 1.29 bits per heavy atom. The van der Waals surface area contributed by atoms with Crippen molar-refractivity contribution in [1.82, 2.24) is 29.7 Å². The Morgan fingerprint density at radius 3 is 2.81 bits per heavy atom. The molecule has 10 nitrogen and oxygen atoms in total. The molecule has 1 unspecified atom stereocenters. The molecule has 0 bridgehead atoms. The van der Waals surface area contributed by atoms with Crippen molar-refractivity contribution in [3.05, 3.63) is 12.7 Å². The van der Waals surface area contributed by atoms with Crippen LogP contribution in [0, 0.1) is 5.92 Å². The van der Waals surface area contributed by atoms with Crippen LogP contribution in [-0.2, 0) is 4.79 Å². The van der Waals surface area contributed by atoms with Gasteiger partial charge in [-0.05, 0) is 12.8 Å². The summed E-state index contributed by atoms with van der Waals surface area (Å²) in [5.74, 6) is 0.284. The van der Waals surface area contributed by atoms with Gasteiger partial charge in [-0.15, -0.1) is 0 Å². The van der Waals surface area contributed by atoms with Crippen molar-refractivity contribution in [2.75, 3.05) is 23.7 Å². The first-order chi connectivity index (χ1) is 10.1. The number of anilines is 2. The molecule has 0 saturated carbocycles. The van der Waals surface area contributed by atoms with Crippen molar-refractivity contribution in [1.29, 1.82) is 0 Å². The van der Waals surface area contributed by atoms with Crippen LogP contribution in [0.3, 0.4) is 0 Å². The van der Waals surface area contributed by atoms with E-state index in [0.717, 1.165) is 19.4 Å². The van der Waals surface area contributed by atoms with Gasteiger partial charge in [0.05, 0.1) is 5.92 Å². The maximum absolute atomic E-state index is 11.3. The Kier molecular flexibility index (Phi) is 3.34. The fourth-order valence-electron chi connectivity index (χ4n) is 2.32. The Hall–Kier alpha value is -2.78. The topological polar surface area (TPSA) is 142 Å². The molecule has 3 heterocycles. The van der Waals surface area contributed by atoms with Crippen LogP contribution in [0.15, 0.2) is 12.7 Å². The van der Waals surface area contributed by atoms with E-state index in [1.165, 1.54) is 17.3 Å². The first-order valence-electron chi connectivity index (χ1n) is 6.54. The molecule has 0 aromatic carbocycles. The van der Waals surface area contributed by atoms with Crippen LogP contribution in [0.5, 0.6) is 0 Å². The average molecular weight is 289 g/mol. The molecule has 1 atom stereocenters. The average Bonchev–Trinajstić information content (AvgIpc) is 3.01. The van der Waals surface area contributed by atoms with Crippen molar-refractivity contribution >= 4 is 17.8 Å². The number of hydrogen-bond acceptors (Lipinski definition) is 8. The maximum Gasteiger partial charge on any atom is 0.258 e. The molecule has 4 N–H and O–H groups in total. The van der Waals surface area contributed by atoms with E-state index in [9.17, 15) is 4.79 Å². The van der Waals surface area contributed by atoms with Gasteiger partial charge in [-0.2, -0.15) is 24.7 Å². The van der Waals surface area contributed by atoms with E-state index in [1.807, 2.05) is 4.90 Å². The molecule has 1 fully saturated rings. The molecule has 1 amide bonds. The summed E-state index contributed by atoms with van der Waals surface area (Å²) in [6.45, 7) is 1.22. The van der Waals surface area contributed by atoms with Crippen LogP contribution in [-0.4, -0.2) is 48.7 Å². The number of carbonyl (C=O) groups excluding carboxylic acids is 1. The van der Waals surface area contributed by atoms with E-state index >= 15 is 0 Å². The molecule has 10 heteroatoms. The number of rotatable bonds is 3. The number of nitrogens with two attached hydrogens (primary N) is 2. The highest BCUT2D eigenvalue weighted by atomic mass is 16.1. The third kappa shape index (κ3) is 2.73. The Bertz CT molecular complexity index is 641. The summed E-state index contributed by atoms with van der Waals surface area (Å²) in [6.07, 6.45) is 4.48. The van der Waals surface area contributed by atoms with Gasteiger partial charge in [0.1, 0.15) is 12.7 Å². The largest absolute Gasteiger partial charge is 0.369 e. The lowest BCUT2D eigenvalue weighted by Gasteiger charge is -2.31. The number of nitrogen functional groups attached to an aromatic ring is 1. The van der Waals surface area contributed by atoms with E-state index in [1.54, 1.807) is 0 Å². The van der Waals surface area contributed by atoms with E-state index in [0.29, 0.717) is 12.5 Å². The minimum Gasteiger partial charge on any atom is -0.369 e. The zero-order valence-corrected chi connectivity index (χ0v) is 11.3. The van der Waals surface area contributed by atoms with Crippen LogP contribution in [0.2, 0.25) is 0 Å². The van der Waals surface area contributed by atoms with Gasteiger partial charge >= 0.3 is 0 Å². The molecule has 1 aliphatic heterocycles. The van der Waals surface area contributed by atoms with Crippen LogP contribution in [0.1, 0.15) is 12.8 Å². The number of carbonyl (C=O) groups is 1. The van der Waals surface area contributed by atoms with Gasteiger partial charge in [-0.3, -0.25) is 4.79 Å². The molecule has 1 saturated heterocycles. The van der Waals surface area contributed by atoms with Crippen molar-refractivity contribution in [3.63, 3.8) is 0 Å². The van der Waals surface area contributed by atoms with Crippen LogP contribution in [0.4, 0.5) is 11.9 Å². The van der Waals surface area contributed by atoms with Gasteiger partial charge < -0.3 is 16.4 Å². The second-order valence-corrected chi connectivity index (χ2v) is 4.82. The molecule has 0 aliphatic carbocycles. The zero-order chi connectivity index (χ0) is 14.8. The highest BCUT2D eigenvalue weighted by Crippen LogP contribution is 2.21. The normalized spacial score (nSPS) is 18.7. The third-order valence-electron chi connectivity index (χ3n) is 3.36. The van der Waals surface area contributed by atoms with Gasteiger partial charge in [0.2, 0.25) is 17.8 Å². The second-order valence-electron chi connectivity index (χ2n) is 4.82. The Labute approximate surface area is 120 Å². The van der Waals surface area contributed by atoms with E-state index in [-0.39, 0.29) is 23.7 Å². The summed E-state index contributed by atoms with van der Waals surface area (Å²) in [7, 11) is 0. The maximum atomic E-state index is 11.3. The minimum atomic E-state index is -0.307. The van der Waals surface area contributed by atoms with Crippen molar-refractivity contribution < 1.29 is 4.79 Å². The predicted octanol–water partition coefficient (Wildman–Crippen LogP) is -1.26. The molecule has 21 heavy (non-hydrogen) atoms. The molecular formula is C11H15N9O. The molecule has 2 aromatic heterocycles. The molecule has 0 radical (unpaired) electrons. The molecule has 0 spiro atoms. The number of nitrogens with zero attached hydrogens (tertiary/aromatic N) is 7. The summed E-state index contributed by atoms with van der Waals surface area (Å²) in [6, 6.07) is 0. The highest BCUT2D eigenvalue weighted by Gasteiger charge is 2.26. The number of aromatic nitrogens is 6. The fourth-order valence-corrected chi connectivity index (χ4v) is 2.32. The summed E-state index contributed by atoms with van der Waals surface area (Å²) in [5.41, 5.74) is 11.1. The number of amides is 1. The van der Waals surface area contributed by atoms with Crippen LogP contribution < -0.4 is 16.4 Å². The lowest BCUT2D eigenvalue weighted by atomic mass is 9.98. The number of primary amides is 1. The van der Waals surface area contributed by atoms with Gasteiger partial charge in [0.15, 0.2) is 0 Å². The number of hydrogen-bond donors (Lipinski definition) is 2. The van der Waals surface area contributed by atoms with Gasteiger partial charge in [0.25, 0.3) is 5.95 Å². The second kappa shape index (κ2) is 5.31. The standard InChI is InChI=1S/C11H15N9O/c12-8(21)7-2-1-3-19(4-7)10-16-9(13)17-11(18-10)20-6-14-5-15-20/h5-7H,1-4H2,(H2,12,21)(H2,13,16,17,18). The van der Waals surface area contributed by atoms with Crippen molar-refractivity contribution in [2.45, 2.75) is 12.8 Å². The number of piperidine rings is 1. The zero-order valence-electron chi connectivity index (χ0n) is 11.3. The molecular weight excluding hydrogens is 274 g/mol. The SMILES string of the molecule is NC(=O)C1CCCN(c2nc(N)nc(-n3cncn3)n2)C1. The smallest absolute Gasteiger partial charge is 0.258 e. The molecule has 1 aliphatic rings. The summed E-state index contributed by atoms with van der Waals surface area (Å²) in [4.78, 5) is 29.6. The van der Waals surface area contributed by atoms with Gasteiger partial charge in [-0.1, -0.05) is 0 Å². The monoisotopic (exact) mass is 289 g/mol. The van der Waals surface area contributed by atoms with Crippen LogP contribution >= 0.6 is 0 Å². The van der Waals surface area contributed by atoms with E-state index in [2.05, 4.69) is 25.0 Å². The first kappa shape index (κ1) is 13.2. The third-order valence-corrected chi connectivity index (χ3v) is 3.36. The lowest BCUT2D eigenvalue weighted by molar-refractivity contribution is -0.122. The first-order valence-corrected chi connectivity index (χ1v) is 6.54. The fraction of sp³-hybridized carbons (Fsp3) is 0.455. The van der Waals surface area contributed by atoms with Gasteiger partial charge in [0, 0.05) is 13.1 Å². The summed E-state index contributed by atoms with van der Waals surface area (Å²) >= 11 is 0. The summed E-state index contributed by atoms with van der Waals surface area (Å²) in [5, 5.41) is 3.96. The van der Waals surface area contributed by atoms with Crippen LogP contribution in [0.25, 0.3) is 5.95 Å². The molecule has 2 aromatic rings. The molecule has 110 valence electrons. The predicted molar refractivity (Wildman–Crippen MR) is 73.3 cm³/mol. The highest BCUT2D eigenvalue weighted by molar-refractivity contribution is 5.77. The quantitative estimate of drug-likeness (QED) is 0.712. The van der Waals surface area contributed by atoms with Gasteiger partial charge in [-0.25, -0.2) is 4.98 Å². The lowest BCUT2D eigenvalue weighted by Crippen LogP contribution is -2.42. The Balaban J connectivity index is 1.90. The van der Waals surface area contributed by atoms with Crippen molar-refractivity contribution in [3.8, 4) is 5.95 Å². The van der Waals surface area contributed by atoms with Crippen molar-refractivity contribution in [2.24, 2.45) is 11.7 Å². The Morgan fingerprint density at radius 2 is 2.10 bits per heavy atom.